The monoisotopic (exact) mass is 445 g/mol. The van der Waals surface area contributed by atoms with Crippen LogP contribution >= 0.6 is 0 Å². The van der Waals surface area contributed by atoms with Crippen LogP contribution in [-0.4, -0.2) is 42.1 Å². The molecule has 0 saturated carbocycles. The summed E-state index contributed by atoms with van der Waals surface area (Å²) in [6.45, 7) is 0. The van der Waals surface area contributed by atoms with Crippen LogP contribution in [0, 0.1) is 0 Å². The van der Waals surface area contributed by atoms with Crippen molar-refractivity contribution in [3.05, 3.63) is 72.8 Å². The Bertz CT molecular complexity index is 1240. The van der Waals surface area contributed by atoms with Gasteiger partial charge in [-0.15, -0.1) is 5.10 Å². The third-order valence-electron chi connectivity index (χ3n) is 4.81. The van der Waals surface area contributed by atoms with Crippen molar-refractivity contribution in [2.75, 3.05) is 32.0 Å². The molecule has 4 rings (SSSR count). The summed E-state index contributed by atoms with van der Waals surface area (Å²) in [5.74, 6) is 2.05. The van der Waals surface area contributed by atoms with Crippen molar-refractivity contribution in [1.29, 1.82) is 0 Å². The molecule has 1 aromatic heterocycles. The number of anilines is 2. The predicted octanol–water partition coefficient (Wildman–Crippen LogP) is 4.60. The molecule has 168 valence electrons. The molecule has 0 spiro atoms. The predicted molar refractivity (Wildman–Crippen MR) is 126 cm³/mol. The molecule has 0 saturated heterocycles. The quantitative estimate of drug-likeness (QED) is 0.431. The first kappa shape index (κ1) is 21.7. The average Bonchev–Trinajstić information content (AvgIpc) is 3.29. The van der Waals surface area contributed by atoms with Crippen molar-refractivity contribution in [2.24, 2.45) is 0 Å². The number of hydrogen-bond acceptors (Lipinski definition) is 6. The summed E-state index contributed by atoms with van der Waals surface area (Å²) in [5, 5.41) is 10.1. The van der Waals surface area contributed by atoms with E-state index in [9.17, 15) is 4.79 Å². The maximum atomic E-state index is 12.5. The fourth-order valence-electron chi connectivity index (χ4n) is 3.17. The van der Waals surface area contributed by atoms with Gasteiger partial charge in [0.1, 0.15) is 11.5 Å². The Kier molecular flexibility index (Phi) is 6.40. The zero-order chi connectivity index (χ0) is 23.2. The van der Waals surface area contributed by atoms with Crippen molar-refractivity contribution >= 4 is 17.4 Å². The molecule has 3 aromatic carbocycles. The van der Waals surface area contributed by atoms with Gasteiger partial charge < -0.3 is 24.8 Å². The largest absolute Gasteiger partial charge is 0.497 e. The van der Waals surface area contributed by atoms with Crippen LogP contribution in [0.2, 0.25) is 0 Å². The summed E-state index contributed by atoms with van der Waals surface area (Å²) in [6.07, 6.45) is 0. The highest BCUT2D eigenvalue weighted by Gasteiger charge is 2.15. The minimum atomic E-state index is -0.371. The van der Waals surface area contributed by atoms with Crippen LogP contribution in [0.15, 0.2) is 72.8 Å². The van der Waals surface area contributed by atoms with E-state index in [4.69, 9.17) is 14.2 Å². The zero-order valence-electron chi connectivity index (χ0n) is 18.4. The van der Waals surface area contributed by atoms with Gasteiger partial charge in [-0.25, -0.2) is 9.48 Å². The smallest absolute Gasteiger partial charge is 0.336 e. The summed E-state index contributed by atoms with van der Waals surface area (Å²) in [7, 11) is 4.72. The Morgan fingerprint density at radius 2 is 1.42 bits per heavy atom. The van der Waals surface area contributed by atoms with Crippen molar-refractivity contribution in [3.63, 3.8) is 0 Å². The molecule has 1 heterocycles. The van der Waals surface area contributed by atoms with Crippen LogP contribution in [0.4, 0.5) is 16.2 Å². The molecular formula is C24H23N5O4. The number of rotatable bonds is 7. The number of methoxy groups -OCH3 is 3. The van der Waals surface area contributed by atoms with E-state index in [1.54, 1.807) is 55.3 Å². The minimum Gasteiger partial charge on any atom is -0.497 e. The van der Waals surface area contributed by atoms with Gasteiger partial charge in [-0.05, 0) is 66.7 Å². The number of ether oxygens (including phenoxy) is 3. The van der Waals surface area contributed by atoms with Crippen LogP contribution in [0.25, 0.3) is 17.1 Å². The van der Waals surface area contributed by atoms with Crippen LogP contribution in [0.3, 0.4) is 0 Å². The second-order valence-corrected chi connectivity index (χ2v) is 6.92. The van der Waals surface area contributed by atoms with Gasteiger partial charge in [0.2, 0.25) is 0 Å². The standard InChI is InChI=1S/C24H23N5O4/c1-31-20-11-7-16(8-12-20)22-27-24(33-3)28-29(22)19-6-4-5-18(15-19)26-23(30)25-17-9-13-21(32-2)14-10-17/h4-15H,1-3H3,(H2,25,26,30). The normalized spacial score (nSPS) is 10.4. The van der Waals surface area contributed by atoms with Crippen LogP contribution < -0.4 is 24.8 Å². The van der Waals surface area contributed by atoms with Gasteiger partial charge in [0.05, 0.1) is 27.0 Å². The fraction of sp³-hybridized carbons (Fsp3) is 0.125. The number of aromatic nitrogens is 3. The van der Waals surface area contributed by atoms with E-state index in [-0.39, 0.29) is 12.0 Å². The molecule has 0 aliphatic heterocycles. The number of hydrogen-bond donors (Lipinski definition) is 2. The molecule has 0 aliphatic rings. The van der Waals surface area contributed by atoms with E-state index in [1.807, 2.05) is 36.4 Å². The first-order chi connectivity index (χ1) is 16.1. The highest BCUT2D eigenvalue weighted by Crippen LogP contribution is 2.26. The average molecular weight is 445 g/mol. The Morgan fingerprint density at radius 1 is 0.788 bits per heavy atom. The second kappa shape index (κ2) is 9.73. The molecule has 0 atom stereocenters. The van der Waals surface area contributed by atoms with Crippen molar-refractivity contribution in [3.8, 4) is 34.6 Å². The minimum absolute atomic E-state index is 0.233. The van der Waals surface area contributed by atoms with E-state index in [0.29, 0.717) is 28.6 Å². The first-order valence-corrected chi connectivity index (χ1v) is 10.1. The van der Waals surface area contributed by atoms with Crippen molar-refractivity contribution in [2.45, 2.75) is 0 Å². The number of urea groups is 1. The Hall–Kier alpha value is -4.53. The molecule has 0 fully saturated rings. The maximum Gasteiger partial charge on any atom is 0.336 e. The van der Waals surface area contributed by atoms with E-state index < -0.39 is 0 Å². The number of amides is 2. The molecule has 2 amide bonds. The summed E-state index contributed by atoms with van der Waals surface area (Å²) >= 11 is 0. The fourth-order valence-corrected chi connectivity index (χ4v) is 3.17. The third kappa shape index (κ3) is 5.04. The molecule has 9 nitrogen and oxygen atoms in total. The van der Waals surface area contributed by atoms with Gasteiger partial charge in [0, 0.05) is 16.9 Å². The number of carbonyl (C=O) groups is 1. The van der Waals surface area contributed by atoms with Crippen molar-refractivity contribution < 1.29 is 19.0 Å². The van der Waals surface area contributed by atoms with Gasteiger partial charge in [0.15, 0.2) is 5.82 Å². The van der Waals surface area contributed by atoms with Gasteiger partial charge in [-0.1, -0.05) is 6.07 Å². The molecule has 0 unspecified atom stereocenters. The Balaban J connectivity index is 1.56. The number of carbonyl (C=O) groups excluding carboxylic acids is 1. The lowest BCUT2D eigenvalue weighted by molar-refractivity contribution is 0.262. The van der Waals surface area contributed by atoms with Gasteiger partial charge in [0.25, 0.3) is 0 Å². The van der Waals surface area contributed by atoms with Crippen LogP contribution in [0.5, 0.6) is 17.5 Å². The molecule has 0 aliphatic carbocycles. The number of nitrogens with one attached hydrogen (secondary N) is 2. The summed E-state index contributed by atoms with van der Waals surface area (Å²) < 4.78 is 17.3. The molecule has 9 heteroatoms. The van der Waals surface area contributed by atoms with E-state index >= 15 is 0 Å². The SMILES string of the molecule is COc1ccc(NC(=O)Nc2cccc(-n3nc(OC)nc3-c3ccc(OC)cc3)c2)cc1. The number of benzene rings is 3. The summed E-state index contributed by atoms with van der Waals surface area (Å²) in [5.41, 5.74) is 2.78. The lowest BCUT2D eigenvalue weighted by atomic mass is 10.2. The molecular weight excluding hydrogens is 422 g/mol. The van der Waals surface area contributed by atoms with Gasteiger partial charge >= 0.3 is 12.0 Å². The van der Waals surface area contributed by atoms with E-state index in [1.165, 1.54) is 7.11 Å². The third-order valence-corrected chi connectivity index (χ3v) is 4.81. The van der Waals surface area contributed by atoms with Crippen LogP contribution in [0.1, 0.15) is 0 Å². The summed E-state index contributed by atoms with van der Waals surface area (Å²) in [6, 6.07) is 21.7. The lowest BCUT2D eigenvalue weighted by Gasteiger charge is -2.11. The van der Waals surface area contributed by atoms with Crippen molar-refractivity contribution in [1.82, 2.24) is 14.8 Å². The zero-order valence-corrected chi connectivity index (χ0v) is 18.4. The Morgan fingerprint density at radius 3 is 2.06 bits per heavy atom. The Labute approximate surface area is 190 Å². The topological polar surface area (TPSA) is 99.5 Å². The van der Waals surface area contributed by atoms with E-state index in [0.717, 1.165) is 11.3 Å². The highest BCUT2D eigenvalue weighted by atomic mass is 16.5. The second-order valence-electron chi connectivity index (χ2n) is 6.92. The van der Waals surface area contributed by atoms with E-state index in [2.05, 4.69) is 20.7 Å². The molecule has 0 bridgehead atoms. The van der Waals surface area contributed by atoms with Gasteiger partial charge in [-0.3, -0.25) is 0 Å². The molecule has 0 radical (unpaired) electrons. The van der Waals surface area contributed by atoms with Gasteiger partial charge in [-0.2, -0.15) is 4.98 Å². The van der Waals surface area contributed by atoms with Crippen LogP contribution in [-0.2, 0) is 0 Å². The molecule has 33 heavy (non-hydrogen) atoms. The molecule has 4 aromatic rings. The number of nitrogens with zero attached hydrogens (tertiary/aromatic N) is 3. The highest BCUT2D eigenvalue weighted by molar-refractivity contribution is 5.99. The summed E-state index contributed by atoms with van der Waals surface area (Å²) in [4.78, 5) is 16.9. The molecule has 2 N–H and O–H groups in total. The lowest BCUT2D eigenvalue weighted by Crippen LogP contribution is -2.19. The first-order valence-electron chi connectivity index (χ1n) is 10.1. The maximum absolute atomic E-state index is 12.5.